The highest BCUT2D eigenvalue weighted by Crippen LogP contribution is 2.16. The first kappa shape index (κ1) is 13.2. The molecule has 0 aromatic carbocycles. The first-order valence-corrected chi connectivity index (χ1v) is 6.65. The number of likely N-dealkylation sites (N-methyl/N-ethyl adjacent to an activating group) is 1. The number of nitrogens with zero attached hydrogens (tertiary/aromatic N) is 2. The summed E-state index contributed by atoms with van der Waals surface area (Å²) in [5.41, 5.74) is 0. The number of aliphatic hydroxyl groups excluding tert-OH is 1. The van der Waals surface area contributed by atoms with E-state index in [2.05, 4.69) is 15.1 Å². The van der Waals surface area contributed by atoms with Gasteiger partial charge >= 0.3 is 0 Å². The van der Waals surface area contributed by atoms with Crippen LogP contribution >= 0.6 is 0 Å². The van der Waals surface area contributed by atoms with Gasteiger partial charge in [0.25, 0.3) is 0 Å². The van der Waals surface area contributed by atoms with Gasteiger partial charge in [-0.3, -0.25) is 4.90 Å². The minimum atomic E-state index is 0.207. The Morgan fingerprint density at radius 2 is 2.12 bits per heavy atom. The van der Waals surface area contributed by atoms with Gasteiger partial charge in [0.2, 0.25) is 0 Å². The molecule has 0 aliphatic carbocycles. The summed E-state index contributed by atoms with van der Waals surface area (Å²) in [6.45, 7) is 7.38. The molecule has 2 aliphatic rings. The third-order valence-electron chi connectivity index (χ3n) is 3.92. The molecule has 17 heavy (non-hydrogen) atoms. The molecule has 0 aromatic rings. The summed E-state index contributed by atoms with van der Waals surface area (Å²) in [4.78, 5) is 5.01. The number of morpholine rings is 1. The van der Waals surface area contributed by atoms with Gasteiger partial charge in [-0.2, -0.15) is 0 Å². The monoisotopic (exact) mass is 243 g/mol. The molecule has 2 heterocycles. The fourth-order valence-corrected chi connectivity index (χ4v) is 2.77. The van der Waals surface area contributed by atoms with Crippen molar-refractivity contribution >= 4 is 0 Å². The zero-order valence-corrected chi connectivity index (χ0v) is 10.8. The topological polar surface area (TPSA) is 48.0 Å². The quantitative estimate of drug-likeness (QED) is 0.647. The highest BCUT2D eigenvalue weighted by molar-refractivity contribution is 4.86. The standard InChI is InChI=1S/C12H25N3O2/c1-13-11(10-16)8-14-3-2-12(9-14)15-4-6-17-7-5-15/h11-13,16H,2-10H2,1H3. The fraction of sp³-hybridized carbons (Fsp3) is 1.00. The van der Waals surface area contributed by atoms with Crippen LogP contribution in [0.15, 0.2) is 0 Å². The van der Waals surface area contributed by atoms with Gasteiger partial charge in [0, 0.05) is 38.3 Å². The lowest BCUT2D eigenvalue weighted by Crippen LogP contribution is -2.46. The van der Waals surface area contributed by atoms with Crippen LogP contribution in [0, 0.1) is 0 Å². The molecular formula is C12H25N3O2. The van der Waals surface area contributed by atoms with Crippen molar-refractivity contribution in [2.45, 2.75) is 18.5 Å². The number of nitrogens with one attached hydrogen (secondary N) is 1. The highest BCUT2D eigenvalue weighted by Gasteiger charge is 2.29. The Morgan fingerprint density at radius 3 is 2.76 bits per heavy atom. The van der Waals surface area contributed by atoms with E-state index in [4.69, 9.17) is 4.74 Å². The molecule has 2 fully saturated rings. The Hall–Kier alpha value is -0.200. The highest BCUT2D eigenvalue weighted by atomic mass is 16.5. The molecule has 2 N–H and O–H groups in total. The molecule has 2 aliphatic heterocycles. The second kappa shape index (κ2) is 6.66. The van der Waals surface area contributed by atoms with Gasteiger partial charge in [0.05, 0.1) is 19.8 Å². The van der Waals surface area contributed by atoms with Crippen LogP contribution < -0.4 is 5.32 Å². The molecule has 0 bridgehead atoms. The van der Waals surface area contributed by atoms with Crippen molar-refractivity contribution in [3.8, 4) is 0 Å². The Balaban J connectivity index is 1.74. The molecule has 0 spiro atoms. The summed E-state index contributed by atoms with van der Waals surface area (Å²) in [7, 11) is 1.91. The van der Waals surface area contributed by atoms with Gasteiger partial charge in [-0.15, -0.1) is 0 Å². The number of aliphatic hydroxyl groups is 1. The SMILES string of the molecule is CNC(CO)CN1CCC(N2CCOCC2)C1. The Morgan fingerprint density at radius 1 is 1.35 bits per heavy atom. The molecular weight excluding hydrogens is 218 g/mol. The lowest BCUT2D eigenvalue weighted by atomic mass is 10.2. The maximum Gasteiger partial charge on any atom is 0.0597 e. The van der Waals surface area contributed by atoms with E-state index in [1.54, 1.807) is 0 Å². The van der Waals surface area contributed by atoms with E-state index < -0.39 is 0 Å². The number of rotatable bonds is 5. The van der Waals surface area contributed by atoms with Crippen LogP contribution in [0.3, 0.4) is 0 Å². The number of hydrogen-bond donors (Lipinski definition) is 2. The zero-order valence-electron chi connectivity index (χ0n) is 10.8. The smallest absolute Gasteiger partial charge is 0.0597 e. The second-order valence-corrected chi connectivity index (χ2v) is 5.02. The Bertz CT molecular complexity index is 218. The first-order valence-electron chi connectivity index (χ1n) is 6.65. The summed E-state index contributed by atoms with van der Waals surface area (Å²) in [6, 6.07) is 0.897. The van der Waals surface area contributed by atoms with Gasteiger partial charge in [0.15, 0.2) is 0 Å². The van der Waals surface area contributed by atoms with Crippen LogP contribution in [0.1, 0.15) is 6.42 Å². The van der Waals surface area contributed by atoms with E-state index in [1.165, 1.54) is 6.42 Å². The Labute approximate surface area is 104 Å². The van der Waals surface area contributed by atoms with Crippen molar-refractivity contribution in [1.29, 1.82) is 0 Å². The molecule has 2 rings (SSSR count). The van der Waals surface area contributed by atoms with Crippen molar-refractivity contribution in [2.24, 2.45) is 0 Å². The number of hydrogen-bond acceptors (Lipinski definition) is 5. The summed E-state index contributed by atoms with van der Waals surface area (Å²) < 4.78 is 5.39. The van der Waals surface area contributed by atoms with Gasteiger partial charge < -0.3 is 20.1 Å². The number of ether oxygens (including phenoxy) is 1. The first-order chi connectivity index (χ1) is 8.33. The number of likely N-dealkylation sites (tertiary alicyclic amines) is 1. The van der Waals surface area contributed by atoms with E-state index in [0.717, 1.165) is 45.9 Å². The predicted octanol–water partition coefficient (Wildman–Crippen LogP) is -1.03. The summed E-state index contributed by atoms with van der Waals surface area (Å²) in [5, 5.41) is 12.3. The van der Waals surface area contributed by atoms with Gasteiger partial charge in [-0.1, -0.05) is 0 Å². The zero-order chi connectivity index (χ0) is 12.1. The molecule has 0 saturated carbocycles. The summed E-state index contributed by atoms with van der Waals surface area (Å²) in [6.07, 6.45) is 1.25. The summed E-state index contributed by atoms with van der Waals surface area (Å²) >= 11 is 0. The average Bonchev–Trinajstić information content (AvgIpc) is 2.85. The molecule has 2 saturated heterocycles. The molecule has 2 atom stereocenters. The van der Waals surface area contributed by atoms with Crippen LogP contribution in [0.2, 0.25) is 0 Å². The third kappa shape index (κ3) is 3.63. The summed E-state index contributed by atoms with van der Waals surface area (Å²) in [5.74, 6) is 0. The van der Waals surface area contributed by atoms with Crippen LogP contribution in [0.5, 0.6) is 0 Å². The molecule has 2 unspecified atom stereocenters. The predicted molar refractivity (Wildman–Crippen MR) is 67.2 cm³/mol. The normalized spacial score (nSPS) is 29.6. The maximum atomic E-state index is 9.18. The van der Waals surface area contributed by atoms with Crippen LogP contribution in [-0.4, -0.2) is 86.6 Å². The molecule has 0 amide bonds. The lowest BCUT2D eigenvalue weighted by Gasteiger charge is -2.32. The van der Waals surface area contributed by atoms with Crippen molar-refractivity contribution in [1.82, 2.24) is 15.1 Å². The van der Waals surface area contributed by atoms with E-state index in [1.807, 2.05) is 7.05 Å². The van der Waals surface area contributed by atoms with Crippen LogP contribution in [-0.2, 0) is 4.74 Å². The minimum Gasteiger partial charge on any atom is -0.395 e. The Kier molecular flexibility index (Phi) is 5.18. The van der Waals surface area contributed by atoms with Gasteiger partial charge in [-0.05, 0) is 20.0 Å². The van der Waals surface area contributed by atoms with E-state index in [-0.39, 0.29) is 12.6 Å². The minimum absolute atomic E-state index is 0.207. The third-order valence-corrected chi connectivity index (χ3v) is 3.92. The second-order valence-electron chi connectivity index (χ2n) is 5.02. The van der Waals surface area contributed by atoms with Crippen molar-refractivity contribution in [3.63, 3.8) is 0 Å². The van der Waals surface area contributed by atoms with Crippen LogP contribution in [0.25, 0.3) is 0 Å². The fourth-order valence-electron chi connectivity index (χ4n) is 2.77. The van der Waals surface area contributed by atoms with Crippen molar-refractivity contribution in [3.05, 3.63) is 0 Å². The lowest BCUT2D eigenvalue weighted by molar-refractivity contribution is 0.0182. The van der Waals surface area contributed by atoms with E-state index >= 15 is 0 Å². The van der Waals surface area contributed by atoms with Crippen molar-refractivity contribution < 1.29 is 9.84 Å². The van der Waals surface area contributed by atoms with Gasteiger partial charge in [-0.25, -0.2) is 0 Å². The molecule has 100 valence electrons. The van der Waals surface area contributed by atoms with Gasteiger partial charge in [0.1, 0.15) is 0 Å². The van der Waals surface area contributed by atoms with E-state index in [0.29, 0.717) is 6.04 Å². The van der Waals surface area contributed by atoms with Crippen molar-refractivity contribution in [2.75, 3.05) is 59.6 Å². The largest absolute Gasteiger partial charge is 0.395 e. The molecule has 0 aromatic heterocycles. The average molecular weight is 243 g/mol. The van der Waals surface area contributed by atoms with E-state index in [9.17, 15) is 5.11 Å². The maximum absolute atomic E-state index is 9.18. The van der Waals surface area contributed by atoms with Crippen LogP contribution in [0.4, 0.5) is 0 Å². The molecule has 5 heteroatoms. The molecule has 5 nitrogen and oxygen atoms in total. The molecule has 0 radical (unpaired) electrons.